The molecule has 0 amide bonds. The molecule has 0 unspecified atom stereocenters. The predicted molar refractivity (Wildman–Crippen MR) is 97.9 cm³/mol. The van der Waals surface area contributed by atoms with Crippen LogP contribution in [0.25, 0.3) is 16.6 Å². The number of pyridine rings is 1. The van der Waals surface area contributed by atoms with Crippen LogP contribution in [0.5, 0.6) is 5.75 Å². The second kappa shape index (κ2) is 6.65. The number of fused-ring (bicyclic) bond motifs is 1. The quantitative estimate of drug-likeness (QED) is 0.665. The Morgan fingerprint density at radius 3 is 2.85 bits per heavy atom. The monoisotopic (exact) mass is 361 g/mol. The van der Waals surface area contributed by atoms with E-state index in [4.69, 9.17) is 4.74 Å². The largest absolute Gasteiger partial charge is 0.494 e. The molecule has 27 heavy (non-hydrogen) atoms. The van der Waals surface area contributed by atoms with Crippen LogP contribution in [0.2, 0.25) is 0 Å². The Labute approximate surface area is 156 Å². The summed E-state index contributed by atoms with van der Waals surface area (Å²) < 4.78 is 9.18. The van der Waals surface area contributed by atoms with Gasteiger partial charge < -0.3 is 9.64 Å². The first-order valence-corrected chi connectivity index (χ1v) is 8.81. The molecule has 1 saturated heterocycles. The molecule has 0 N–H and O–H groups in total. The van der Waals surface area contributed by atoms with E-state index in [0.29, 0.717) is 23.4 Å². The molecule has 1 fully saturated rings. The van der Waals surface area contributed by atoms with Crippen molar-refractivity contribution in [1.29, 1.82) is 10.5 Å². The topological polar surface area (TPSA) is 95.2 Å². The Hall–Kier alpha value is -3.52. The van der Waals surface area contributed by atoms with E-state index in [9.17, 15) is 10.5 Å². The molecular weight excluding hydrogens is 342 g/mol. The Morgan fingerprint density at radius 1 is 1.26 bits per heavy atom. The minimum atomic E-state index is 0.188. The minimum Gasteiger partial charge on any atom is -0.494 e. The van der Waals surface area contributed by atoms with Crippen molar-refractivity contribution in [3.63, 3.8) is 0 Å². The molecule has 4 rings (SSSR count). The SMILES string of the molecule is COc1cc(-c2cnn([C@@H]3CCCN(C#N)C3)c2C)cn2ncc(C#N)c12. The van der Waals surface area contributed by atoms with Crippen molar-refractivity contribution < 1.29 is 4.74 Å². The fraction of sp³-hybridized carbons (Fsp3) is 0.368. The lowest BCUT2D eigenvalue weighted by Crippen LogP contribution is -2.34. The van der Waals surface area contributed by atoms with Crippen molar-refractivity contribution >= 4 is 5.52 Å². The highest BCUT2D eigenvalue weighted by atomic mass is 16.5. The van der Waals surface area contributed by atoms with Gasteiger partial charge >= 0.3 is 0 Å². The molecule has 3 aromatic rings. The first-order chi connectivity index (χ1) is 13.2. The highest BCUT2D eigenvalue weighted by Crippen LogP contribution is 2.33. The fourth-order valence-corrected chi connectivity index (χ4v) is 3.79. The number of nitriles is 2. The van der Waals surface area contributed by atoms with Crippen LogP contribution >= 0.6 is 0 Å². The molecule has 0 aliphatic carbocycles. The van der Waals surface area contributed by atoms with Crippen LogP contribution in [0.3, 0.4) is 0 Å². The fourth-order valence-electron chi connectivity index (χ4n) is 3.79. The third-order valence-corrected chi connectivity index (χ3v) is 5.16. The Balaban J connectivity index is 1.76. The van der Waals surface area contributed by atoms with Gasteiger partial charge in [0.25, 0.3) is 0 Å². The van der Waals surface area contributed by atoms with Gasteiger partial charge in [-0.05, 0) is 25.8 Å². The van der Waals surface area contributed by atoms with Crippen molar-refractivity contribution in [2.75, 3.05) is 20.2 Å². The summed E-state index contributed by atoms with van der Waals surface area (Å²) in [6.45, 7) is 3.54. The number of nitrogens with zero attached hydrogens (tertiary/aromatic N) is 7. The maximum atomic E-state index is 9.27. The van der Waals surface area contributed by atoms with Gasteiger partial charge in [0.15, 0.2) is 6.19 Å². The zero-order valence-corrected chi connectivity index (χ0v) is 15.3. The number of rotatable bonds is 3. The number of likely N-dealkylation sites (tertiary alicyclic amines) is 1. The average molecular weight is 361 g/mol. The lowest BCUT2D eigenvalue weighted by molar-refractivity contribution is 0.231. The van der Waals surface area contributed by atoms with E-state index in [1.807, 2.05) is 30.1 Å². The molecule has 0 aromatic carbocycles. The van der Waals surface area contributed by atoms with E-state index in [1.54, 1.807) is 16.5 Å². The Bertz CT molecular complexity index is 1080. The number of aromatic nitrogens is 4. The van der Waals surface area contributed by atoms with Crippen molar-refractivity contribution in [3.05, 3.63) is 35.9 Å². The number of piperidine rings is 1. The zero-order chi connectivity index (χ0) is 19.0. The number of methoxy groups -OCH3 is 1. The summed E-state index contributed by atoms with van der Waals surface area (Å²) in [6.07, 6.45) is 9.50. The van der Waals surface area contributed by atoms with Crippen LogP contribution in [-0.2, 0) is 0 Å². The van der Waals surface area contributed by atoms with Crippen LogP contribution in [0.1, 0.15) is 30.1 Å². The Morgan fingerprint density at radius 2 is 2.11 bits per heavy atom. The standard InChI is InChI=1S/C19H19N7O/c1-13-17(9-23-26(13)16-4-3-5-24(11-16)12-21)14-6-18(27-2)19-15(7-20)8-22-25(19)10-14/h6,8-10,16H,3-5,11H2,1-2H3/t16-/m1/s1. The van der Waals surface area contributed by atoms with Crippen LogP contribution in [-0.4, -0.2) is 44.5 Å². The Kier molecular flexibility index (Phi) is 4.17. The molecular formula is C19H19N7O. The molecule has 0 spiro atoms. The summed E-state index contributed by atoms with van der Waals surface area (Å²) in [7, 11) is 1.59. The van der Waals surface area contributed by atoms with E-state index in [0.717, 1.165) is 36.2 Å². The van der Waals surface area contributed by atoms with Crippen molar-refractivity contribution in [1.82, 2.24) is 24.3 Å². The summed E-state index contributed by atoms with van der Waals surface area (Å²) in [5.41, 5.74) is 4.08. The van der Waals surface area contributed by atoms with E-state index < -0.39 is 0 Å². The molecule has 0 radical (unpaired) electrons. The molecule has 8 heteroatoms. The lowest BCUT2D eigenvalue weighted by Gasteiger charge is -2.29. The second-order valence-electron chi connectivity index (χ2n) is 6.69. The smallest absolute Gasteiger partial charge is 0.179 e. The summed E-state index contributed by atoms with van der Waals surface area (Å²) >= 11 is 0. The molecule has 136 valence electrons. The molecule has 1 aliphatic heterocycles. The van der Waals surface area contributed by atoms with Gasteiger partial charge in [-0.3, -0.25) is 4.68 Å². The van der Waals surface area contributed by atoms with Crippen LogP contribution in [0.15, 0.2) is 24.7 Å². The van der Waals surface area contributed by atoms with Gasteiger partial charge in [-0.1, -0.05) is 0 Å². The molecule has 0 saturated carbocycles. The normalized spacial score (nSPS) is 16.9. The van der Waals surface area contributed by atoms with Crippen LogP contribution in [0.4, 0.5) is 0 Å². The zero-order valence-electron chi connectivity index (χ0n) is 15.3. The molecule has 8 nitrogen and oxygen atoms in total. The molecule has 4 heterocycles. The third kappa shape index (κ3) is 2.76. The maximum Gasteiger partial charge on any atom is 0.179 e. The highest BCUT2D eigenvalue weighted by molar-refractivity contribution is 5.75. The number of ether oxygens (including phenoxy) is 1. The van der Waals surface area contributed by atoms with Crippen molar-refractivity contribution in [3.8, 4) is 29.1 Å². The second-order valence-corrected chi connectivity index (χ2v) is 6.69. The minimum absolute atomic E-state index is 0.188. The third-order valence-electron chi connectivity index (χ3n) is 5.16. The summed E-state index contributed by atoms with van der Waals surface area (Å²) in [5.74, 6) is 0.599. The van der Waals surface area contributed by atoms with E-state index in [2.05, 4.69) is 22.5 Å². The highest BCUT2D eigenvalue weighted by Gasteiger charge is 2.24. The van der Waals surface area contributed by atoms with E-state index in [-0.39, 0.29) is 6.04 Å². The number of hydrogen-bond acceptors (Lipinski definition) is 6. The van der Waals surface area contributed by atoms with Gasteiger partial charge in [0.05, 0.1) is 32.1 Å². The van der Waals surface area contributed by atoms with Gasteiger partial charge in [-0.15, -0.1) is 0 Å². The molecule has 3 aromatic heterocycles. The van der Waals surface area contributed by atoms with Gasteiger partial charge in [-0.25, -0.2) is 4.52 Å². The number of hydrogen-bond donors (Lipinski definition) is 0. The van der Waals surface area contributed by atoms with Crippen LogP contribution < -0.4 is 4.74 Å². The van der Waals surface area contributed by atoms with Crippen LogP contribution in [0, 0.1) is 29.7 Å². The summed E-state index contributed by atoms with van der Waals surface area (Å²) in [5, 5.41) is 27.3. The molecule has 1 atom stereocenters. The maximum absolute atomic E-state index is 9.27. The summed E-state index contributed by atoms with van der Waals surface area (Å²) in [4.78, 5) is 1.79. The molecule has 0 bridgehead atoms. The van der Waals surface area contributed by atoms with Crippen molar-refractivity contribution in [2.45, 2.75) is 25.8 Å². The first kappa shape index (κ1) is 16.9. The van der Waals surface area contributed by atoms with Gasteiger partial charge in [-0.2, -0.15) is 20.7 Å². The van der Waals surface area contributed by atoms with Gasteiger partial charge in [0.1, 0.15) is 22.9 Å². The predicted octanol–water partition coefficient (Wildman–Crippen LogP) is 2.50. The van der Waals surface area contributed by atoms with E-state index in [1.165, 1.54) is 6.20 Å². The molecule has 1 aliphatic rings. The first-order valence-electron chi connectivity index (χ1n) is 8.81. The summed E-state index contributed by atoms with van der Waals surface area (Å²) in [6, 6.07) is 4.24. The van der Waals surface area contributed by atoms with Gasteiger partial charge in [0.2, 0.25) is 0 Å². The van der Waals surface area contributed by atoms with Gasteiger partial charge in [0, 0.05) is 29.6 Å². The lowest BCUT2D eigenvalue weighted by atomic mass is 10.0. The van der Waals surface area contributed by atoms with Crippen molar-refractivity contribution in [2.24, 2.45) is 0 Å². The average Bonchev–Trinajstić information content (AvgIpc) is 3.30. The van der Waals surface area contributed by atoms with E-state index >= 15 is 0 Å².